The molecule has 2 heterocycles. The fourth-order valence-corrected chi connectivity index (χ4v) is 3.50. The fourth-order valence-electron chi connectivity index (χ4n) is 2.19. The first kappa shape index (κ1) is 17.2. The molecule has 2 aromatic heterocycles. The summed E-state index contributed by atoms with van der Waals surface area (Å²) in [5, 5.41) is 7.17. The second-order valence-electron chi connectivity index (χ2n) is 5.21. The third kappa shape index (κ3) is 3.91. The van der Waals surface area contributed by atoms with Crippen LogP contribution in [0.25, 0.3) is 11.5 Å². The lowest BCUT2D eigenvalue weighted by molar-refractivity contribution is 0.184. The van der Waals surface area contributed by atoms with Gasteiger partial charge in [-0.2, -0.15) is 0 Å². The Labute approximate surface area is 143 Å². The zero-order chi connectivity index (χ0) is 17.9. The number of halogens is 1. The lowest BCUT2D eigenvalue weighted by Gasteiger charge is -2.05. The summed E-state index contributed by atoms with van der Waals surface area (Å²) in [5.41, 5.74) is 0.772. The summed E-state index contributed by atoms with van der Waals surface area (Å²) in [6, 6.07) is 5.55. The van der Waals surface area contributed by atoms with Crippen molar-refractivity contribution >= 4 is 9.84 Å². The van der Waals surface area contributed by atoms with Gasteiger partial charge in [0, 0.05) is 19.2 Å². The van der Waals surface area contributed by atoms with Crippen molar-refractivity contribution in [1.29, 1.82) is 0 Å². The van der Waals surface area contributed by atoms with Crippen molar-refractivity contribution in [2.24, 2.45) is 0 Å². The topological polar surface area (TPSA) is 100 Å². The molecule has 0 atom stereocenters. The van der Waals surface area contributed by atoms with Crippen molar-refractivity contribution in [3.05, 3.63) is 48.4 Å². The minimum atomic E-state index is -3.76. The summed E-state index contributed by atoms with van der Waals surface area (Å²) in [4.78, 5) is 4.15. The van der Waals surface area contributed by atoms with E-state index in [4.69, 9.17) is 9.15 Å². The van der Waals surface area contributed by atoms with Gasteiger partial charge in [0.2, 0.25) is 20.9 Å². The standard InChI is InChI=1S/C15H15FN4O4S/c1-23-7-6-20-10-17-19-15(20)25(21,22)9-13-8-24-14(18-13)11-2-4-12(16)5-3-11/h2-5,8,10H,6-7,9H2,1H3. The van der Waals surface area contributed by atoms with Crippen LogP contribution >= 0.6 is 0 Å². The quantitative estimate of drug-likeness (QED) is 0.627. The van der Waals surface area contributed by atoms with E-state index in [1.807, 2.05) is 0 Å². The van der Waals surface area contributed by atoms with Gasteiger partial charge in [-0.15, -0.1) is 10.2 Å². The van der Waals surface area contributed by atoms with Crippen LogP contribution in [0.15, 0.2) is 46.4 Å². The minimum absolute atomic E-state index is 0.157. The number of rotatable bonds is 7. The normalized spacial score (nSPS) is 11.8. The number of methoxy groups -OCH3 is 1. The van der Waals surface area contributed by atoms with E-state index in [-0.39, 0.29) is 28.3 Å². The van der Waals surface area contributed by atoms with E-state index in [0.29, 0.717) is 18.7 Å². The third-order valence-corrected chi connectivity index (χ3v) is 4.92. The lowest BCUT2D eigenvalue weighted by atomic mass is 10.2. The molecule has 3 rings (SSSR count). The first-order valence-corrected chi connectivity index (χ1v) is 8.94. The summed E-state index contributed by atoms with van der Waals surface area (Å²) in [6.45, 7) is 0.650. The summed E-state index contributed by atoms with van der Waals surface area (Å²) in [5.74, 6) is -0.553. The van der Waals surface area contributed by atoms with Gasteiger partial charge in [-0.05, 0) is 24.3 Å². The molecule has 0 aliphatic heterocycles. The van der Waals surface area contributed by atoms with Gasteiger partial charge in [0.1, 0.15) is 24.2 Å². The maximum Gasteiger partial charge on any atom is 0.249 e. The molecule has 0 fully saturated rings. The molecule has 0 spiro atoms. The second-order valence-corrected chi connectivity index (χ2v) is 7.09. The molecule has 3 aromatic rings. The highest BCUT2D eigenvalue weighted by molar-refractivity contribution is 7.90. The molecule has 0 aliphatic carbocycles. The van der Waals surface area contributed by atoms with E-state index < -0.39 is 9.84 Å². The highest BCUT2D eigenvalue weighted by atomic mass is 32.2. The Morgan fingerprint density at radius 2 is 2.04 bits per heavy atom. The zero-order valence-corrected chi connectivity index (χ0v) is 14.1. The van der Waals surface area contributed by atoms with Crippen LogP contribution in [0, 0.1) is 5.82 Å². The number of ether oxygens (including phenoxy) is 1. The van der Waals surface area contributed by atoms with E-state index in [0.717, 1.165) is 0 Å². The molecule has 10 heteroatoms. The molecule has 0 aliphatic rings. The molecule has 25 heavy (non-hydrogen) atoms. The lowest BCUT2D eigenvalue weighted by Crippen LogP contribution is -2.15. The van der Waals surface area contributed by atoms with Crippen molar-refractivity contribution < 1.29 is 22.0 Å². The smallest absolute Gasteiger partial charge is 0.249 e. The molecule has 0 N–H and O–H groups in total. The van der Waals surface area contributed by atoms with E-state index in [2.05, 4.69) is 15.2 Å². The Balaban J connectivity index is 1.80. The predicted molar refractivity (Wildman–Crippen MR) is 84.7 cm³/mol. The molecular weight excluding hydrogens is 351 g/mol. The van der Waals surface area contributed by atoms with Gasteiger partial charge < -0.3 is 13.7 Å². The zero-order valence-electron chi connectivity index (χ0n) is 13.3. The van der Waals surface area contributed by atoms with Crippen LogP contribution in [0.5, 0.6) is 0 Å². The van der Waals surface area contributed by atoms with Crippen molar-refractivity contribution in [1.82, 2.24) is 19.7 Å². The predicted octanol–water partition coefficient (Wildman–Crippen LogP) is 1.69. The van der Waals surface area contributed by atoms with Crippen LogP contribution < -0.4 is 0 Å². The second kappa shape index (κ2) is 7.11. The molecule has 8 nitrogen and oxygen atoms in total. The third-order valence-electron chi connectivity index (χ3n) is 3.38. The van der Waals surface area contributed by atoms with Crippen LogP contribution in [0.3, 0.4) is 0 Å². The van der Waals surface area contributed by atoms with Crippen LogP contribution in [0.2, 0.25) is 0 Å². The molecule has 0 saturated carbocycles. The van der Waals surface area contributed by atoms with Gasteiger partial charge in [0.25, 0.3) is 0 Å². The summed E-state index contributed by atoms with van der Waals surface area (Å²) >= 11 is 0. The van der Waals surface area contributed by atoms with E-state index >= 15 is 0 Å². The number of nitrogens with zero attached hydrogens (tertiary/aromatic N) is 4. The number of benzene rings is 1. The van der Waals surface area contributed by atoms with Crippen molar-refractivity contribution in [2.45, 2.75) is 17.5 Å². The average molecular weight is 366 g/mol. The van der Waals surface area contributed by atoms with Gasteiger partial charge in [-0.3, -0.25) is 0 Å². The maximum atomic E-state index is 13.0. The van der Waals surface area contributed by atoms with Crippen molar-refractivity contribution in [3.8, 4) is 11.5 Å². The Morgan fingerprint density at radius 3 is 2.76 bits per heavy atom. The van der Waals surface area contributed by atoms with Gasteiger partial charge in [0.05, 0.1) is 12.3 Å². The average Bonchev–Trinajstić information content (AvgIpc) is 3.23. The molecule has 0 saturated heterocycles. The Morgan fingerprint density at radius 1 is 1.28 bits per heavy atom. The van der Waals surface area contributed by atoms with Gasteiger partial charge in [0.15, 0.2) is 0 Å². The minimum Gasteiger partial charge on any atom is -0.444 e. The molecule has 0 radical (unpaired) electrons. The van der Waals surface area contributed by atoms with Crippen molar-refractivity contribution in [2.75, 3.05) is 13.7 Å². The summed E-state index contributed by atoms with van der Waals surface area (Å²) < 4.78 is 49.7. The largest absolute Gasteiger partial charge is 0.444 e. The van der Waals surface area contributed by atoms with E-state index in [9.17, 15) is 12.8 Å². The number of hydrogen-bond acceptors (Lipinski definition) is 7. The number of aromatic nitrogens is 4. The first-order chi connectivity index (χ1) is 12.0. The summed E-state index contributed by atoms with van der Waals surface area (Å²) in [6.07, 6.45) is 2.59. The fraction of sp³-hybridized carbons (Fsp3) is 0.267. The monoisotopic (exact) mass is 366 g/mol. The number of oxazole rings is 1. The van der Waals surface area contributed by atoms with Crippen LogP contribution in [-0.4, -0.2) is 41.9 Å². The SMILES string of the molecule is COCCn1cnnc1S(=O)(=O)Cc1coc(-c2ccc(F)cc2)n1. The van der Waals surface area contributed by atoms with Gasteiger partial charge in [-0.25, -0.2) is 17.8 Å². The van der Waals surface area contributed by atoms with E-state index in [1.165, 1.54) is 48.5 Å². The Hall–Kier alpha value is -2.59. The maximum absolute atomic E-state index is 13.0. The molecule has 1 aromatic carbocycles. The van der Waals surface area contributed by atoms with Crippen LogP contribution in [0.4, 0.5) is 4.39 Å². The number of sulfone groups is 1. The molecule has 0 bridgehead atoms. The molecule has 0 amide bonds. The Kier molecular flexibility index (Phi) is 4.91. The van der Waals surface area contributed by atoms with Crippen LogP contribution in [-0.2, 0) is 26.9 Å². The highest BCUT2D eigenvalue weighted by Crippen LogP contribution is 2.21. The van der Waals surface area contributed by atoms with E-state index in [1.54, 1.807) is 0 Å². The molecular formula is C15H15FN4O4S. The van der Waals surface area contributed by atoms with Crippen molar-refractivity contribution in [3.63, 3.8) is 0 Å². The van der Waals surface area contributed by atoms with Gasteiger partial charge in [-0.1, -0.05) is 0 Å². The molecule has 132 valence electrons. The Bertz CT molecular complexity index is 950. The first-order valence-electron chi connectivity index (χ1n) is 7.29. The van der Waals surface area contributed by atoms with Crippen LogP contribution in [0.1, 0.15) is 5.69 Å². The molecule has 0 unspecified atom stereocenters. The number of hydrogen-bond donors (Lipinski definition) is 0. The summed E-state index contributed by atoms with van der Waals surface area (Å²) in [7, 11) is -2.24. The highest BCUT2D eigenvalue weighted by Gasteiger charge is 2.24. The van der Waals surface area contributed by atoms with Gasteiger partial charge >= 0.3 is 0 Å².